The molecule has 2 nitrogen and oxygen atoms in total. The van der Waals surface area contributed by atoms with Crippen LogP contribution < -0.4 is 11.1 Å². The van der Waals surface area contributed by atoms with E-state index in [2.05, 4.69) is 28.2 Å². The molecular weight excluding hydrogens is 339 g/mol. The third kappa shape index (κ3) is 3.50. The minimum Gasteiger partial charge on any atom is -0.389 e. The van der Waals surface area contributed by atoms with Crippen LogP contribution in [0.1, 0.15) is 38.2 Å². The summed E-state index contributed by atoms with van der Waals surface area (Å²) in [4.78, 5) is 0.197. The molecular formula is C15H20BrFN2S. The van der Waals surface area contributed by atoms with Gasteiger partial charge in [-0.2, -0.15) is 0 Å². The number of benzene rings is 1. The van der Waals surface area contributed by atoms with E-state index in [9.17, 15) is 4.39 Å². The first kappa shape index (κ1) is 15.7. The Hall–Kier alpha value is -0.680. The van der Waals surface area contributed by atoms with Crippen LogP contribution >= 0.6 is 28.1 Å². The van der Waals surface area contributed by atoms with Crippen molar-refractivity contribution in [2.24, 2.45) is 17.6 Å². The Balaban J connectivity index is 2.06. The largest absolute Gasteiger partial charge is 0.389 e. The second kappa shape index (κ2) is 6.85. The fraction of sp³-hybridized carbons (Fsp3) is 0.533. The number of rotatable bonds is 4. The maximum Gasteiger partial charge on any atom is 0.161 e. The molecule has 0 heterocycles. The summed E-state index contributed by atoms with van der Waals surface area (Å²) in [7, 11) is 0. The van der Waals surface area contributed by atoms with Crippen molar-refractivity contribution in [2.45, 2.75) is 32.6 Å². The van der Waals surface area contributed by atoms with Crippen molar-refractivity contribution in [3.05, 3.63) is 28.0 Å². The molecule has 3 N–H and O–H groups in total. The topological polar surface area (TPSA) is 38.0 Å². The Kier molecular flexibility index (Phi) is 5.38. The molecule has 5 heteroatoms. The van der Waals surface area contributed by atoms with E-state index in [1.807, 2.05) is 0 Å². The maximum absolute atomic E-state index is 14.2. The van der Waals surface area contributed by atoms with Crippen molar-refractivity contribution in [1.82, 2.24) is 0 Å². The molecule has 0 saturated heterocycles. The summed E-state index contributed by atoms with van der Waals surface area (Å²) in [5.41, 5.74) is 6.60. The predicted molar refractivity (Wildman–Crippen MR) is 89.6 cm³/mol. The van der Waals surface area contributed by atoms with Crippen LogP contribution in [0, 0.1) is 17.7 Å². The lowest BCUT2D eigenvalue weighted by Gasteiger charge is -2.29. The Labute approximate surface area is 133 Å². The molecule has 1 aromatic rings. The van der Waals surface area contributed by atoms with Crippen LogP contribution in [-0.2, 0) is 0 Å². The number of nitrogens with one attached hydrogen (secondary N) is 1. The van der Waals surface area contributed by atoms with Gasteiger partial charge >= 0.3 is 0 Å². The van der Waals surface area contributed by atoms with Gasteiger partial charge in [0, 0.05) is 12.1 Å². The van der Waals surface area contributed by atoms with Gasteiger partial charge in [0.05, 0.1) is 10.2 Å². The molecule has 110 valence electrons. The average molecular weight is 359 g/mol. The number of nitrogens with two attached hydrogens (primary N) is 1. The predicted octanol–water partition coefficient (Wildman–Crippen LogP) is 4.46. The molecule has 1 aliphatic rings. The molecule has 2 atom stereocenters. The molecule has 0 spiro atoms. The van der Waals surface area contributed by atoms with Crippen molar-refractivity contribution >= 4 is 38.8 Å². The lowest BCUT2D eigenvalue weighted by atomic mass is 9.80. The fourth-order valence-corrected chi connectivity index (χ4v) is 3.67. The van der Waals surface area contributed by atoms with Crippen LogP contribution in [0.5, 0.6) is 0 Å². The quantitative estimate of drug-likeness (QED) is 0.780. The van der Waals surface area contributed by atoms with Crippen LogP contribution in [0.3, 0.4) is 0 Å². The van der Waals surface area contributed by atoms with E-state index in [1.54, 1.807) is 12.1 Å². The van der Waals surface area contributed by atoms with E-state index >= 15 is 0 Å². The molecule has 0 bridgehead atoms. The molecule has 2 rings (SSSR count). The van der Waals surface area contributed by atoms with Crippen LogP contribution in [0.4, 0.5) is 10.1 Å². The first-order valence-electron chi connectivity index (χ1n) is 7.02. The lowest BCUT2D eigenvalue weighted by molar-refractivity contribution is 0.268. The van der Waals surface area contributed by atoms with E-state index in [4.69, 9.17) is 18.0 Å². The van der Waals surface area contributed by atoms with Gasteiger partial charge in [-0.1, -0.05) is 38.4 Å². The number of anilines is 1. The van der Waals surface area contributed by atoms with Gasteiger partial charge < -0.3 is 11.1 Å². The third-order valence-corrected chi connectivity index (χ3v) is 5.19. The fourth-order valence-electron chi connectivity index (χ4n) is 2.81. The minimum absolute atomic E-state index is 0.197. The highest BCUT2D eigenvalue weighted by molar-refractivity contribution is 9.10. The molecule has 1 aromatic carbocycles. The highest BCUT2D eigenvalue weighted by atomic mass is 79.9. The van der Waals surface area contributed by atoms with Gasteiger partial charge in [-0.15, -0.1) is 0 Å². The number of hydrogen-bond donors (Lipinski definition) is 2. The van der Waals surface area contributed by atoms with Crippen molar-refractivity contribution in [3.8, 4) is 0 Å². The van der Waals surface area contributed by atoms with E-state index in [1.165, 1.54) is 25.7 Å². The van der Waals surface area contributed by atoms with Crippen LogP contribution in [0.25, 0.3) is 0 Å². The molecule has 0 radical (unpaired) electrons. The van der Waals surface area contributed by atoms with Gasteiger partial charge in [0.25, 0.3) is 0 Å². The monoisotopic (exact) mass is 358 g/mol. The Bertz CT molecular complexity index is 507. The van der Waals surface area contributed by atoms with Crippen LogP contribution in [0.15, 0.2) is 16.6 Å². The van der Waals surface area contributed by atoms with Gasteiger partial charge in [0.2, 0.25) is 0 Å². The standard InChI is InChI=1S/C15H20BrFN2S/c1-9-4-2-3-5-10(9)8-19-12-7-6-11(15(18)20)13(16)14(12)17/h6-7,9-10,19H,2-5,8H2,1H3,(H2,18,20). The minimum atomic E-state index is -0.321. The number of thiocarbonyl (C=S) groups is 1. The molecule has 1 fully saturated rings. The van der Waals surface area contributed by atoms with Crippen molar-refractivity contribution in [2.75, 3.05) is 11.9 Å². The van der Waals surface area contributed by atoms with E-state index in [-0.39, 0.29) is 10.8 Å². The lowest BCUT2D eigenvalue weighted by Crippen LogP contribution is -2.24. The Morgan fingerprint density at radius 1 is 1.45 bits per heavy atom. The second-order valence-corrected chi connectivity index (χ2v) is 6.79. The molecule has 0 aromatic heterocycles. The summed E-state index contributed by atoms with van der Waals surface area (Å²) >= 11 is 8.12. The highest BCUT2D eigenvalue weighted by Crippen LogP contribution is 2.31. The first-order valence-corrected chi connectivity index (χ1v) is 8.22. The number of halogens is 2. The SMILES string of the molecule is CC1CCCCC1CNc1ccc(C(N)=S)c(Br)c1F. The van der Waals surface area contributed by atoms with E-state index in [0.717, 1.165) is 6.54 Å². The molecule has 20 heavy (non-hydrogen) atoms. The van der Waals surface area contributed by atoms with Crippen molar-refractivity contribution in [3.63, 3.8) is 0 Å². The van der Waals surface area contributed by atoms with Gasteiger partial charge in [-0.25, -0.2) is 4.39 Å². The smallest absolute Gasteiger partial charge is 0.161 e. The normalized spacial score (nSPS) is 22.6. The summed E-state index contributed by atoms with van der Waals surface area (Å²) in [5.74, 6) is 1.01. The second-order valence-electron chi connectivity index (χ2n) is 5.56. The van der Waals surface area contributed by atoms with Crippen LogP contribution in [-0.4, -0.2) is 11.5 Å². The maximum atomic E-state index is 14.2. The molecule has 1 saturated carbocycles. The summed E-state index contributed by atoms with van der Waals surface area (Å²) in [6.07, 6.45) is 5.10. The molecule has 1 aliphatic carbocycles. The number of hydrogen-bond acceptors (Lipinski definition) is 2. The highest BCUT2D eigenvalue weighted by Gasteiger charge is 2.21. The van der Waals surface area contributed by atoms with E-state index in [0.29, 0.717) is 27.6 Å². The molecule has 0 aliphatic heterocycles. The summed E-state index contributed by atoms with van der Waals surface area (Å²) in [5, 5.41) is 3.23. The average Bonchev–Trinajstić information content (AvgIpc) is 2.41. The summed E-state index contributed by atoms with van der Waals surface area (Å²) < 4.78 is 14.6. The first-order chi connectivity index (χ1) is 9.50. The zero-order chi connectivity index (χ0) is 14.7. The Morgan fingerprint density at radius 3 is 2.80 bits per heavy atom. The van der Waals surface area contributed by atoms with Gasteiger partial charge in [-0.05, 0) is 46.3 Å². The van der Waals surface area contributed by atoms with Crippen molar-refractivity contribution < 1.29 is 4.39 Å². The summed E-state index contributed by atoms with van der Waals surface area (Å²) in [6, 6.07) is 3.46. The third-order valence-electron chi connectivity index (χ3n) is 4.19. The molecule has 2 unspecified atom stereocenters. The zero-order valence-corrected chi connectivity index (χ0v) is 14.0. The molecule has 0 amide bonds. The summed E-state index contributed by atoms with van der Waals surface area (Å²) in [6.45, 7) is 3.10. The Morgan fingerprint density at radius 2 is 2.15 bits per heavy atom. The van der Waals surface area contributed by atoms with Gasteiger partial charge in [0.15, 0.2) is 5.82 Å². The van der Waals surface area contributed by atoms with Crippen LogP contribution in [0.2, 0.25) is 0 Å². The van der Waals surface area contributed by atoms with Crippen molar-refractivity contribution in [1.29, 1.82) is 0 Å². The van der Waals surface area contributed by atoms with Gasteiger partial charge in [-0.3, -0.25) is 0 Å². The zero-order valence-electron chi connectivity index (χ0n) is 11.6. The van der Waals surface area contributed by atoms with E-state index < -0.39 is 0 Å². The van der Waals surface area contributed by atoms with Gasteiger partial charge in [0.1, 0.15) is 4.99 Å².